The maximum absolute atomic E-state index is 14.7. The summed E-state index contributed by atoms with van der Waals surface area (Å²) in [5.74, 6) is -5.56. The molecule has 34 heavy (non-hydrogen) atoms. The predicted octanol–water partition coefficient (Wildman–Crippen LogP) is 6.45. The number of hydrogen-bond donors (Lipinski definition) is 2. The van der Waals surface area contributed by atoms with Gasteiger partial charge < -0.3 is 14.9 Å². The van der Waals surface area contributed by atoms with Crippen LogP contribution in [0.5, 0.6) is 17.2 Å². The molecular weight excluding hydrogens is 469 g/mol. The van der Waals surface area contributed by atoms with Gasteiger partial charge in [0.05, 0.1) is 0 Å². The number of rotatable bonds is 6. The van der Waals surface area contributed by atoms with Gasteiger partial charge in [0.2, 0.25) is 5.78 Å². The van der Waals surface area contributed by atoms with E-state index >= 15 is 0 Å². The number of benzene rings is 3. The molecule has 0 bridgehead atoms. The molecule has 0 saturated carbocycles. The first-order valence-corrected chi connectivity index (χ1v) is 10.6. The lowest BCUT2D eigenvalue weighted by atomic mass is 10.0. The molecule has 1 aromatic heterocycles. The normalized spacial score (nSPS) is 11.3. The van der Waals surface area contributed by atoms with Crippen molar-refractivity contribution in [3.05, 3.63) is 93.6 Å². The van der Waals surface area contributed by atoms with E-state index in [-0.39, 0.29) is 27.5 Å². The molecule has 3 aromatic carbocycles. The van der Waals surface area contributed by atoms with Crippen LogP contribution in [-0.2, 0) is 4.79 Å². The fraction of sp³-hybridized carbons (Fsp3) is 0.0400. The van der Waals surface area contributed by atoms with Crippen LogP contribution in [0.3, 0.4) is 0 Å². The summed E-state index contributed by atoms with van der Waals surface area (Å²) >= 11 is 0.950. The van der Waals surface area contributed by atoms with Crippen LogP contribution in [-0.4, -0.2) is 22.0 Å². The maximum atomic E-state index is 14.7. The van der Waals surface area contributed by atoms with Crippen molar-refractivity contribution < 1.29 is 37.7 Å². The van der Waals surface area contributed by atoms with E-state index in [0.29, 0.717) is 15.6 Å². The number of carbonyl (C=O) groups excluding carboxylic acids is 1. The van der Waals surface area contributed by atoms with E-state index in [1.54, 1.807) is 6.92 Å². The standard InChI is InChI=1S/C25H15F3O5S/c1-12-8-14(26)3-5-16(12)22(32)25-23(17-6-4-15(29)11-20(17)34-25)33-24-18(27)9-13(10-19(24)28)2-7-21(30)31/h2-11,29H,1H3,(H,30,31)/b7-2+. The number of hydrogen-bond acceptors (Lipinski definition) is 5. The van der Waals surface area contributed by atoms with Crippen molar-refractivity contribution in [2.45, 2.75) is 6.92 Å². The SMILES string of the molecule is Cc1cc(F)ccc1C(=O)c1sc2cc(O)ccc2c1Oc1c(F)cc(/C=C/C(=O)O)cc1F. The van der Waals surface area contributed by atoms with Crippen LogP contribution in [0.15, 0.2) is 54.6 Å². The van der Waals surface area contributed by atoms with Gasteiger partial charge in [0.15, 0.2) is 23.1 Å². The van der Waals surface area contributed by atoms with Crippen LogP contribution in [0.4, 0.5) is 13.2 Å². The van der Waals surface area contributed by atoms with E-state index < -0.39 is 35.0 Å². The van der Waals surface area contributed by atoms with E-state index in [0.717, 1.165) is 41.7 Å². The van der Waals surface area contributed by atoms with Gasteiger partial charge in [-0.15, -0.1) is 11.3 Å². The van der Waals surface area contributed by atoms with E-state index in [1.807, 2.05) is 0 Å². The molecule has 1 heterocycles. The second kappa shape index (κ2) is 9.03. The van der Waals surface area contributed by atoms with E-state index in [4.69, 9.17) is 9.84 Å². The van der Waals surface area contributed by atoms with Crippen LogP contribution in [0.25, 0.3) is 16.2 Å². The van der Waals surface area contributed by atoms with Gasteiger partial charge in [0.1, 0.15) is 16.4 Å². The third kappa shape index (κ3) is 4.51. The summed E-state index contributed by atoms with van der Waals surface area (Å²) in [5.41, 5.74) is 0.503. The Bertz CT molecular complexity index is 1470. The van der Waals surface area contributed by atoms with Gasteiger partial charge in [0.25, 0.3) is 0 Å². The lowest BCUT2D eigenvalue weighted by molar-refractivity contribution is -0.131. The molecule has 4 rings (SSSR count). The fourth-order valence-electron chi connectivity index (χ4n) is 3.36. The number of halogens is 3. The molecule has 0 aliphatic rings. The summed E-state index contributed by atoms with van der Waals surface area (Å²) in [6.07, 6.45) is 1.75. The molecule has 9 heteroatoms. The van der Waals surface area contributed by atoms with Gasteiger partial charge in [-0.3, -0.25) is 4.79 Å². The molecule has 0 fully saturated rings. The second-order valence-electron chi connectivity index (χ2n) is 7.32. The summed E-state index contributed by atoms with van der Waals surface area (Å²) in [6.45, 7) is 1.55. The Hall–Kier alpha value is -4.11. The number of aliphatic carboxylic acids is 1. The highest BCUT2D eigenvalue weighted by atomic mass is 32.1. The highest BCUT2D eigenvalue weighted by Gasteiger charge is 2.25. The van der Waals surface area contributed by atoms with Crippen molar-refractivity contribution in [3.63, 3.8) is 0 Å². The first-order chi connectivity index (χ1) is 16.1. The molecule has 0 radical (unpaired) electrons. The molecule has 2 N–H and O–H groups in total. The fourth-order valence-corrected chi connectivity index (χ4v) is 4.48. The van der Waals surface area contributed by atoms with Crippen LogP contribution >= 0.6 is 11.3 Å². The molecule has 0 atom stereocenters. The highest BCUT2D eigenvalue weighted by molar-refractivity contribution is 7.21. The Labute approximate surface area is 195 Å². The van der Waals surface area contributed by atoms with Crippen LogP contribution in [0.1, 0.15) is 26.4 Å². The summed E-state index contributed by atoms with van der Waals surface area (Å²) in [6, 6.07) is 9.58. The number of fused-ring (bicyclic) bond motifs is 1. The second-order valence-corrected chi connectivity index (χ2v) is 8.37. The minimum Gasteiger partial charge on any atom is -0.508 e. The monoisotopic (exact) mass is 484 g/mol. The van der Waals surface area contributed by atoms with Crippen molar-refractivity contribution in [2.75, 3.05) is 0 Å². The van der Waals surface area contributed by atoms with E-state index in [2.05, 4.69) is 0 Å². The number of ether oxygens (including phenoxy) is 1. The molecule has 0 spiro atoms. The largest absolute Gasteiger partial charge is 0.508 e. The molecule has 0 aliphatic heterocycles. The van der Waals surface area contributed by atoms with Gasteiger partial charge in [-0.25, -0.2) is 18.0 Å². The average molecular weight is 484 g/mol. The molecule has 172 valence electrons. The first kappa shape index (κ1) is 23.1. The van der Waals surface area contributed by atoms with Crippen molar-refractivity contribution in [3.8, 4) is 17.2 Å². The van der Waals surface area contributed by atoms with Crippen molar-refractivity contribution in [1.29, 1.82) is 0 Å². The van der Waals surface area contributed by atoms with Crippen LogP contribution in [0.2, 0.25) is 0 Å². The lowest BCUT2D eigenvalue weighted by Crippen LogP contribution is -2.04. The van der Waals surface area contributed by atoms with Gasteiger partial charge >= 0.3 is 5.97 Å². The Balaban J connectivity index is 1.84. The molecule has 0 saturated heterocycles. The number of carboxylic acids is 1. The zero-order chi connectivity index (χ0) is 24.6. The average Bonchev–Trinajstić information content (AvgIpc) is 3.11. The summed E-state index contributed by atoms with van der Waals surface area (Å²) in [7, 11) is 0. The van der Waals surface area contributed by atoms with Crippen molar-refractivity contribution in [1.82, 2.24) is 0 Å². The Morgan fingerprint density at radius 2 is 1.68 bits per heavy atom. The highest BCUT2D eigenvalue weighted by Crippen LogP contribution is 2.44. The minimum absolute atomic E-state index is 0.00366. The molecule has 5 nitrogen and oxygen atoms in total. The molecule has 0 unspecified atom stereocenters. The van der Waals surface area contributed by atoms with Crippen molar-refractivity contribution in [2.24, 2.45) is 0 Å². The number of phenols is 1. The van der Waals surface area contributed by atoms with E-state index in [1.165, 1.54) is 30.3 Å². The molecule has 0 amide bonds. The number of carbonyl (C=O) groups is 2. The zero-order valence-corrected chi connectivity index (χ0v) is 18.3. The predicted molar refractivity (Wildman–Crippen MR) is 121 cm³/mol. The number of thiophene rings is 1. The van der Waals surface area contributed by atoms with Gasteiger partial charge in [-0.2, -0.15) is 0 Å². The third-order valence-electron chi connectivity index (χ3n) is 4.91. The minimum atomic E-state index is -1.28. The number of ketones is 1. The Morgan fingerprint density at radius 3 is 2.32 bits per heavy atom. The molecular formula is C25H15F3O5S. The van der Waals surface area contributed by atoms with Gasteiger partial charge in [-0.1, -0.05) is 0 Å². The third-order valence-corrected chi connectivity index (χ3v) is 6.04. The number of aromatic hydroxyl groups is 1. The quantitative estimate of drug-likeness (QED) is 0.243. The summed E-state index contributed by atoms with van der Waals surface area (Å²) < 4.78 is 49.0. The van der Waals surface area contributed by atoms with Gasteiger partial charge in [0, 0.05) is 21.7 Å². The topological polar surface area (TPSA) is 83.8 Å². The number of carboxylic acid groups (broad SMARTS) is 1. The molecule has 0 aliphatic carbocycles. The Kier molecular flexibility index (Phi) is 6.12. The Morgan fingerprint density at radius 1 is 0.971 bits per heavy atom. The number of phenolic OH excluding ortho intramolecular Hbond substituents is 1. The van der Waals surface area contributed by atoms with Crippen molar-refractivity contribution >= 4 is 39.3 Å². The first-order valence-electron chi connectivity index (χ1n) is 9.78. The van der Waals surface area contributed by atoms with Crippen LogP contribution in [0, 0.1) is 24.4 Å². The summed E-state index contributed by atoms with van der Waals surface area (Å²) in [4.78, 5) is 24.0. The lowest BCUT2D eigenvalue weighted by Gasteiger charge is -2.11. The zero-order valence-electron chi connectivity index (χ0n) is 17.4. The molecule has 4 aromatic rings. The number of aryl methyl sites for hydroxylation is 1. The van der Waals surface area contributed by atoms with E-state index in [9.17, 15) is 27.9 Å². The maximum Gasteiger partial charge on any atom is 0.328 e. The van der Waals surface area contributed by atoms with Crippen LogP contribution < -0.4 is 4.74 Å². The summed E-state index contributed by atoms with van der Waals surface area (Å²) in [5, 5.41) is 18.9. The van der Waals surface area contributed by atoms with Gasteiger partial charge in [-0.05, 0) is 72.7 Å². The smallest absolute Gasteiger partial charge is 0.328 e.